The van der Waals surface area contributed by atoms with Crippen LogP contribution in [-0.2, 0) is 12.4 Å². The summed E-state index contributed by atoms with van der Waals surface area (Å²) in [4.78, 5) is 7.59. The van der Waals surface area contributed by atoms with Gasteiger partial charge in [-0.05, 0) is 30.3 Å². The van der Waals surface area contributed by atoms with Gasteiger partial charge in [-0.3, -0.25) is 14.5 Å². The average molecular weight is 465 g/mol. The monoisotopic (exact) mass is 465 g/mol. The second-order valence-electron chi connectivity index (χ2n) is 7.17. The number of H-pyrrole nitrogens is 1. The van der Waals surface area contributed by atoms with Crippen LogP contribution in [0.1, 0.15) is 11.3 Å². The zero-order chi connectivity index (χ0) is 23.5. The highest BCUT2D eigenvalue weighted by Gasteiger charge is 2.39. The van der Waals surface area contributed by atoms with E-state index in [-0.39, 0.29) is 28.2 Å². The Labute approximate surface area is 179 Å². The molecule has 0 aliphatic heterocycles. The highest BCUT2D eigenvalue weighted by atomic mass is 19.4. The average Bonchev–Trinajstić information content (AvgIpc) is 3.36. The highest BCUT2D eigenvalue weighted by Crippen LogP contribution is 2.39. The third kappa shape index (κ3) is 3.56. The van der Waals surface area contributed by atoms with E-state index in [0.717, 1.165) is 22.9 Å². The molecule has 33 heavy (non-hydrogen) atoms. The molecule has 2 aromatic carbocycles. The molecule has 12 heteroatoms. The lowest BCUT2D eigenvalue weighted by Gasteiger charge is -2.11. The molecule has 168 valence electrons. The van der Waals surface area contributed by atoms with E-state index >= 15 is 0 Å². The lowest BCUT2D eigenvalue weighted by atomic mass is 10.1. The Bertz CT molecular complexity index is 1510. The van der Waals surface area contributed by atoms with Crippen molar-refractivity contribution in [2.24, 2.45) is 0 Å². The minimum atomic E-state index is -4.95. The van der Waals surface area contributed by atoms with Crippen molar-refractivity contribution in [3.05, 3.63) is 72.1 Å². The number of hydrogen-bond donors (Lipinski definition) is 1. The molecule has 5 rings (SSSR count). The quantitative estimate of drug-likeness (QED) is 0.320. The third-order valence-electron chi connectivity index (χ3n) is 5.06. The van der Waals surface area contributed by atoms with Crippen molar-refractivity contribution >= 4 is 16.6 Å². The fraction of sp³-hybridized carbons (Fsp3) is 0.0952. The van der Waals surface area contributed by atoms with Gasteiger partial charge in [0.2, 0.25) is 0 Å². The SMILES string of the molecule is Fc1ccc(-c2cn3c(-c4ccc5[nH]ncc5c4)c(C(F)(F)F)nc3cn2)cc1C(F)(F)F. The Morgan fingerprint density at radius 1 is 0.848 bits per heavy atom. The molecule has 0 saturated heterocycles. The van der Waals surface area contributed by atoms with E-state index in [9.17, 15) is 30.7 Å². The summed E-state index contributed by atoms with van der Waals surface area (Å²) in [5.41, 5.74) is -2.61. The zero-order valence-corrected chi connectivity index (χ0v) is 16.1. The number of halogens is 7. The predicted molar refractivity (Wildman–Crippen MR) is 103 cm³/mol. The van der Waals surface area contributed by atoms with E-state index in [1.165, 1.54) is 18.3 Å². The third-order valence-corrected chi connectivity index (χ3v) is 5.06. The topological polar surface area (TPSA) is 58.9 Å². The molecule has 0 spiro atoms. The molecule has 0 saturated carbocycles. The van der Waals surface area contributed by atoms with Crippen LogP contribution < -0.4 is 0 Å². The van der Waals surface area contributed by atoms with Gasteiger partial charge in [0.05, 0.1) is 34.9 Å². The molecule has 0 amide bonds. The van der Waals surface area contributed by atoms with Gasteiger partial charge in [-0.2, -0.15) is 31.4 Å². The van der Waals surface area contributed by atoms with Crippen LogP contribution in [0.25, 0.3) is 39.1 Å². The molecule has 5 aromatic rings. The number of aromatic amines is 1. The first-order valence-electron chi connectivity index (χ1n) is 9.28. The van der Waals surface area contributed by atoms with Crippen LogP contribution in [0, 0.1) is 5.82 Å². The second kappa shape index (κ2) is 7.02. The van der Waals surface area contributed by atoms with E-state index in [2.05, 4.69) is 20.2 Å². The van der Waals surface area contributed by atoms with Gasteiger partial charge in [-0.1, -0.05) is 6.07 Å². The van der Waals surface area contributed by atoms with E-state index in [4.69, 9.17) is 0 Å². The molecular formula is C21H10F7N5. The van der Waals surface area contributed by atoms with Gasteiger partial charge in [0, 0.05) is 22.7 Å². The fourth-order valence-corrected chi connectivity index (χ4v) is 3.57. The number of imidazole rings is 1. The number of hydrogen-bond acceptors (Lipinski definition) is 3. The summed E-state index contributed by atoms with van der Waals surface area (Å²) in [6.45, 7) is 0. The second-order valence-corrected chi connectivity index (χ2v) is 7.17. The molecule has 3 aromatic heterocycles. The Kier molecular flexibility index (Phi) is 4.45. The standard InChI is InChI=1S/C21H10F7N5/c22-14-3-1-10(6-13(14)20(23,24)25)16-9-33-17(8-29-16)31-19(21(26,27)28)18(33)11-2-4-15-12(5-11)7-30-32-15/h1-9H,(H,30,32). The van der Waals surface area contributed by atoms with Crippen LogP contribution in [0.4, 0.5) is 30.7 Å². The van der Waals surface area contributed by atoms with Crippen molar-refractivity contribution in [2.45, 2.75) is 12.4 Å². The number of aromatic nitrogens is 5. The summed E-state index contributed by atoms with van der Waals surface area (Å²) in [5.74, 6) is -1.47. The first-order valence-corrected chi connectivity index (χ1v) is 9.28. The van der Waals surface area contributed by atoms with Crippen molar-refractivity contribution < 1.29 is 30.7 Å². The van der Waals surface area contributed by atoms with Crippen LogP contribution in [0.3, 0.4) is 0 Å². The van der Waals surface area contributed by atoms with Crippen LogP contribution in [0.2, 0.25) is 0 Å². The van der Waals surface area contributed by atoms with Crippen LogP contribution >= 0.6 is 0 Å². The highest BCUT2D eigenvalue weighted by molar-refractivity contribution is 5.84. The Balaban J connectivity index is 1.75. The summed E-state index contributed by atoms with van der Waals surface area (Å²) in [7, 11) is 0. The molecule has 0 aliphatic rings. The Hall–Kier alpha value is -3.96. The maximum absolute atomic E-state index is 13.8. The van der Waals surface area contributed by atoms with Gasteiger partial charge in [0.15, 0.2) is 11.3 Å². The van der Waals surface area contributed by atoms with E-state index in [1.807, 2.05) is 0 Å². The van der Waals surface area contributed by atoms with Crippen molar-refractivity contribution in [2.75, 3.05) is 0 Å². The molecule has 0 radical (unpaired) electrons. The van der Waals surface area contributed by atoms with Gasteiger partial charge in [0.1, 0.15) is 5.82 Å². The summed E-state index contributed by atoms with van der Waals surface area (Å²) in [5, 5.41) is 7.10. The lowest BCUT2D eigenvalue weighted by molar-refractivity contribution is -0.141. The first kappa shape index (κ1) is 20.9. The van der Waals surface area contributed by atoms with Crippen molar-refractivity contribution in [1.29, 1.82) is 0 Å². The van der Waals surface area contributed by atoms with E-state index in [1.54, 1.807) is 6.07 Å². The summed E-state index contributed by atoms with van der Waals surface area (Å²) in [6, 6.07) is 6.73. The minimum absolute atomic E-state index is 0.0928. The predicted octanol–water partition coefficient (Wildman–Crippen LogP) is 6.12. The number of nitrogens with one attached hydrogen (secondary N) is 1. The van der Waals surface area contributed by atoms with Crippen LogP contribution in [0.15, 0.2) is 55.0 Å². The number of fused-ring (bicyclic) bond motifs is 2. The number of rotatable bonds is 2. The van der Waals surface area contributed by atoms with E-state index < -0.39 is 29.4 Å². The smallest absolute Gasteiger partial charge is 0.296 e. The van der Waals surface area contributed by atoms with Gasteiger partial charge in [-0.15, -0.1) is 0 Å². The van der Waals surface area contributed by atoms with Crippen molar-refractivity contribution in [1.82, 2.24) is 24.6 Å². The Morgan fingerprint density at radius 2 is 1.61 bits per heavy atom. The molecule has 1 N–H and O–H groups in total. The van der Waals surface area contributed by atoms with Crippen molar-refractivity contribution in [3.63, 3.8) is 0 Å². The molecular weight excluding hydrogens is 455 g/mol. The fourth-order valence-electron chi connectivity index (χ4n) is 3.57. The molecule has 3 heterocycles. The van der Waals surface area contributed by atoms with Gasteiger partial charge < -0.3 is 0 Å². The minimum Gasteiger partial charge on any atom is -0.296 e. The summed E-state index contributed by atoms with van der Waals surface area (Å²) in [6.07, 6.45) is -6.17. The molecule has 0 aliphatic carbocycles. The normalized spacial score (nSPS) is 12.7. The van der Waals surface area contributed by atoms with Crippen LogP contribution in [-0.4, -0.2) is 24.6 Å². The molecule has 0 fully saturated rings. The first-order chi connectivity index (χ1) is 15.5. The Morgan fingerprint density at radius 3 is 2.33 bits per heavy atom. The number of benzene rings is 2. The number of alkyl halides is 6. The summed E-state index contributed by atoms with van der Waals surface area (Å²) < 4.78 is 95.5. The molecule has 5 nitrogen and oxygen atoms in total. The largest absolute Gasteiger partial charge is 0.435 e. The van der Waals surface area contributed by atoms with Crippen LogP contribution in [0.5, 0.6) is 0 Å². The maximum Gasteiger partial charge on any atom is 0.435 e. The number of nitrogens with zero attached hydrogens (tertiary/aromatic N) is 4. The van der Waals surface area contributed by atoms with Gasteiger partial charge in [-0.25, -0.2) is 9.37 Å². The molecule has 0 bridgehead atoms. The van der Waals surface area contributed by atoms with E-state index in [0.29, 0.717) is 23.0 Å². The van der Waals surface area contributed by atoms with Gasteiger partial charge in [0.25, 0.3) is 0 Å². The van der Waals surface area contributed by atoms with Crippen molar-refractivity contribution in [3.8, 4) is 22.5 Å². The summed E-state index contributed by atoms with van der Waals surface area (Å²) >= 11 is 0. The zero-order valence-electron chi connectivity index (χ0n) is 16.1. The lowest BCUT2D eigenvalue weighted by Crippen LogP contribution is -2.08. The molecule has 0 atom stereocenters. The van der Waals surface area contributed by atoms with Gasteiger partial charge >= 0.3 is 12.4 Å². The molecule has 0 unspecified atom stereocenters. The maximum atomic E-state index is 13.8.